The van der Waals surface area contributed by atoms with Gasteiger partial charge >= 0.3 is 11.9 Å². The molecule has 16 nitrogen and oxygen atoms in total. The highest BCUT2D eigenvalue weighted by atomic mass is 35.5. The third-order valence-electron chi connectivity index (χ3n) is 15.7. The van der Waals surface area contributed by atoms with E-state index in [2.05, 4.69) is 0 Å². The minimum atomic E-state index is -4.10. The van der Waals surface area contributed by atoms with E-state index in [0.717, 1.165) is 25.7 Å². The van der Waals surface area contributed by atoms with Crippen LogP contribution in [-0.4, -0.2) is 94.8 Å². The minimum Gasteiger partial charge on any atom is -0.460 e. The van der Waals surface area contributed by atoms with E-state index in [-0.39, 0.29) is 46.3 Å². The van der Waals surface area contributed by atoms with Gasteiger partial charge < -0.3 is 28.7 Å². The molecule has 0 unspecified atom stereocenters. The van der Waals surface area contributed by atoms with Gasteiger partial charge in [-0.25, -0.2) is 24.8 Å². The lowest BCUT2D eigenvalue weighted by Crippen LogP contribution is -2.52. The fourth-order valence-corrected chi connectivity index (χ4v) is 15.2. The van der Waals surface area contributed by atoms with Crippen LogP contribution in [0.2, 0.25) is 10.0 Å². The second-order valence-electron chi connectivity index (χ2n) is 25.0. The number of benzene rings is 6. The number of esters is 2. The lowest BCUT2D eigenvalue weighted by atomic mass is 9.93. The number of carbonyl (C=O) groups excluding carboxylic acids is 4. The number of nitrogens with zero attached hydrogens (tertiary/aromatic N) is 4. The number of hydrogen-bond donors (Lipinski definition) is 0. The number of rotatable bonds is 16. The molecular weight excluding hydrogens is 1200 g/mol. The number of ether oxygens (including phenoxy) is 4. The summed E-state index contributed by atoms with van der Waals surface area (Å²) in [4.78, 5) is 58.1. The molecule has 2 aliphatic carbocycles. The fraction of sp³-hybridized carbons (Fsp3) is 0.353. The van der Waals surface area contributed by atoms with E-state index in [1.807, 2.05) is 48.5 Å². The van der Waals surface area contributed by atoms with E-state index in [1.54, 1.807) is 173 Å². The fourth-order valence-electron chi connectivity index (χ4n) is 11.7. The zero-order chi connectivity index (χ0) is 62.5. The maximum Gasteiger partial charge on any atom is 0.309 e. The lowest BCUT2D eigenvalue weighted by Gasteiger charge is -2.45. The van der Waals surface area contributed by atoms with Crippen LogP contribution in [0.15, 0.2) is 180 Å². The number of halogens is 2. The molecule has 2 saturated heterocycles. The van der Waals surface area contributed by atoms with Crippen molar-refractivity contribution in [1.29, 1.82) is 0 Å². The normalized spacial score (nSPS) is 21.0. The summed E-state index contributed by atoms with van der Waals surface area (Å²) in [6, 6.07) is 47.2. The molecule has 0 spiro atoms. The van der Waals surface area contributed by atoms with Crippen molar-refractivity contribution >= 4 is 88.8 Å². The first-order valence-corrected chi connectivity index (χ1v) is 33.2. The maximum absolute atomic E-state index is 14.4. The van der Waals surface area contributed by atoms with Gasteiger partial charge in [0.2, 0.25) is 0 Å². The Balaban J connectivity index is 0.000000182. The summed E-state index contributed by atoms with van der Waals surface area (Å²) < 4.78 is 84.3. The molecule has 8 aromatic rings. The molecule has 4 heterocycles. The van der Waals surface area contributed by atoms with Crippen LogP contribution in [0.25, 0.3) is 21.8 Å². The molecular formula is C68H70Cl2N4O12S2. The highest BCUT2D eigenvalue weighted by molar-refractivity contribution is 7.90. The molecule has 0 bridgehead atoms. The van der Waals surface area contributed by atoms with E-state index < -0.39 is 79.7 Å². The summed E-state index contributed by atoms with van der Waals surface area (Å²) in [5.74, 6) is -1.31. The number of hydrogen-bond acceptors (Lipinski definition) is 12. The SMILES string of the molecule is CC(C)(C)OC(=O)C[C@@H]1O[C@H](c2cccc(Cl)c2)[C@@H](c2cc3ccccc3n2S(=O)(=O)c2ccccc2)N(CC2CC2)C1=O.CC(C)(C)OC(=O)C[C@H]1O[C@H](c2cccc(Cl)c2)[C@@H](c2cc3ccccc3n2S(=O)(=O)c2ccccc2)N(CC2CC2)C1=O. The highest BCUT2D eigenvalue weighted by Crippen LogP contribution is 2.49. The van der Waals surface area contributed by atoms with E-state index in [4.69, 9.17) is 42.1 Å². The van der Waals surface area contributed by atoms with Crippen molar-refractivity contribution < 1.29 is 55.0 Å². The van der Waals surface area contributed by atoms with Gasteiger partial charge in [0.1, 0.15) is 47.7 Å². The molecule has 2 saturated carbocycles. The minimum absolute atomic E-state index is 0.126. The number of fused-ring (bicyclic) bond motifs is 2. The average molecular weight is 1270 g/mol. The van der Waals surface area contributed by atoms with Gasteiger partial charge in [-0.05, 0) is 163 Å². The molecule has 4 aliphatic rings. The second-order valence-corrected chi connectivity index (χ2v) is 29.4. The molecule has 2 aliphatic heterocycles. The molecule has 20 heteroatoms. The Morgan fingerprint density at radius 2 is 0.841 bits per heavy atom. The molecule has 460 valence electrons. The first kappa shape index (κ1) is 62.3. The summed E-state index contributed by atoms with van der Waals surface area (Å²) >= 11 is 12.9. The smallest absolute Gasteiger partial charge is 0.309 e. The third kappa shape index (κ3) is 13.6. The van der Waals surface area contributed by atoms with Gasteiger partial charge in [0.15, 0.2) is 0 Å². The van der Waals surface area contributed by atoms with Crippen LogP contribution >= 0.6 is 23.2 Å². The van der Waals surface area contributed by atoms with Gasteiger partial charge in [0.25, 0.3) is 31.9 Å². The molecule has 6 aromatic carbocycles. The molecule has 4 fully saturated rings. The van der Waals surface area contributed by atoms with Crippen molar-refractivity contribution in [3.05, 3.63) is 202 Å². The van der Waals surface area contributed by atoms with E-state index >= 15 is 0 Å². The molecule has 2 aromatic heterocycles. The van der Waals surface area contributed by atoms with Crippen LogP contribution in [0.1, 0.15) is 127 Å². The van der Waals surface area contributed by atoms with Gasteiger partial charge in [-0.1, -0.05) is 120 Å². The summed E-state index contributed by atoms with van der Waals surface area (Å²) in [5, 5.41) is 2.36. The van der Waals surface area contributed by atoms with Gasteiger partial charge in [-0.2, -0.15) is 0 Å². The Kier molecular flexibility index (Phi) is 17.6. The monoisotopic (exact) mass is 1270 g/mol. The van der Waals surface area contributed by atoms with Crippen LogP contribution in [0.4, 0.5) is 0 Å². The van der Waals surface area contributed by atoms with Crippen molar-refractivity contribution in [3.63, 3.8) is 0 Å². The van der Waals surface area contributed by atoms with E-state index in [0.29, 0.717) is 67.5 Å². The van der Waals surface area contributed by atoms with Crippen molar-refractivity contribution in [2.75, 3.05) is 13.1 Å². The quantitative estimate of drug-likeness (QED) is 0.0833. The largest absolute Gasteiger partial charge is 0.460 e. The predicted octanol–water partition coefficient (Wildman–Crippen LogP) is 13.4. The Morgan fingerprint density at radius 3 is 1.18 bits per heavy atom. The van der Waals surface area contributed by atoms with Crippen LogP contribution < -0.4 is 0 Å². The van der Waals surface area contributed by atoms with Crippen LogP contribution in [-0.2, 0) is 58.2 Å². The molecule has 88 heavy (non-hydrogen) atoms. The van der Waals surface area contributed by atoms with Gasteiger partial charge in [-0.3, -0.25) is 19.2 Å². The Bertz CT molecular complexity index is 3890. The summed E-state index contributed by atoms with van der Waals surface area (Å²) in [6.45, 7) is 11.4. The first-order valence-electron chi connectivity index (χ1n) is 29.5. The van der Waals surface area contributed by atoms with Gasteiger partial charge in [-0.15, -0.1) is 0 Å². The van der Waals surface area contributed by atoms with Crippen molar-refractivity contribution in [1.82, 2.24) is 17.7 Å². The predicted molar refractivity (Wildman–Crippen MR) is 335 cm³/mol. The van der Waals surface area contributed by atoms with E-state index in [9.17, 15) is 36.0 Å². The maximum atomic E-state index is 14.4. The van der Waals surface area contributed by atoms with E-state index in [1.165, 1.54) is 7.94 Å². The van der Waals surface area contributed by atoms with Gasteiger partial charge in [0, 0.05) is 33.9 Å². The average Bonchev–Trinajstić information content (AvgIpc) is 1.59. The Morgan fingerprint density at radius 1 is 0.489 bits per heavy atom. The summed E-state index contributed by atoms with van der Waals surface area (Å²) in [5.41, 5.74) is 1.64. The number of morpholine rings is 2. The first-order chi connectivity index (χ1) is 41.8. The number of aromatic nitrogens is 2. The Hall–Kier alpha value is -7.32. The molecule has 2 amide bonds. The zero-order valence-electron chi connectivity index (χ0n) is 49.7. The summed E-state index contributed by atoms with van der Waals surface area (Å²) in [6.07, 6.45) is -0.595. The summed E-state index contributed by atoms with van der Waals surface area (Å²) in [7, 11) is -8.20. The van der Waals surface area contributed by atoms with Gasteiger partial charge in [0.05, 0.1) is 45.1 Å². The molecule has 6 atom stereocenters. The number of carbonyl (C=O) groups is 4. The Labute approximate surface area is 523 Å². The number of para-hydroxylation sites is 2. The van der Waals surface area contributed by atoms with Crippen LogP contribution in [0.5, 0.6) is 0 Å². The molecule has 0 N–H and O–H groups in total. The number of amides is 2. The standard InChI is InChI=1S/2C34H35ClN2O6S/c2*1-34(2,3)43-30(38)20-29-33(39)36(21-22-16-17-22)31(32(42-29)24-11-9-12-25(35)18-24)28-19-23-10-7-8-15-27(23)37(28)44(40,41)26-13-5-4-6-14-26/h2*4-15,18-19,22,29,31-32H,16-17,20-21H2,1-3H3/t29-,31+,32+;29-,31-,32-/m01/s1. The second kappa shape index (κ2) is 24.9. The van der Waals surface area contributed by atoms with Crippen LogP contribution in [0, 0.1) is 11.8 Å². The van der Waals surface area contributed by atoms with Crippen LogP contribution in [0.3, 0.4) is 0 Å². The molecule has 0 radical (unpaired) electrons. The third-order valence-corrected chi connectivity index (χ3v) is 19.7. The van der Waals surface area contributed by atoms with Crippen molar-refractivity contribution in [2.45, 2.75) is 138 Å². The topological polar surface area (TPSA) is 190 Å². The lowest BCUT2D eigenvalue weighted by molar-refractivity contribution is -0.183. The highest BCUT2D eigenvalue weighted by Gasteiger charge is 2.51. The van der Waals surface area contributed by atoms with Crippen molar-refractivity contribution in [3.8, 4) is 0 Å². The molecule has 12 rings (SSSR count). The van der Waals surface area contributed by atoms with Crippen molar-refractivity contribution in [2.24, 2.45) is 11.8 Å². The zero-order valence-corrected chi connectivity index (χ0v) is 52.8.